The molecule has 0 spiro atoms. The predicted octanol–water partition coefficient (Wildman–Crippen LogP) is 1.85. The van der Waals surface area contributed by atoms with Crippen LogP contribution >= 0.6 is 23.2 Å². The molecule has 1 aliphatic rings. The third-order valence-electron chi connectivity index (χ3n) is 4.70. The number of piperidine rings is 1. The van der Waals surface area contributed by atoms with Crippen LogP contribution in [0.4, 0.5) is 0 Å². The van der Waals surface area contributed by atoms with Gasteiger partial charge in [-0.2, -0.15) is 0 Å². The van der Waals surface area contributed by atoms with Crippen molar-refractivity contribution in [2.24, 2.45) is 5.92 Å². The molecule has 1 amide bonds. The minimum Gasteiger partial charge on any atom is -0.496 e. The van der Waals surface area contributed by atoms with Gasteiger partial charge in [0, 0.05) is 30.8 Å². The zero-order valence-corrected chi connectivity index (χ0v) is 15.8. The molecule has 6 nitrogen and oxygen atoms in total. The van der Waals surface area contributed by atoms with E-state index in [0.29, 0.717) is 28.9 Å². The Morgan fingerprint density at radius 2 is 1.96 bits per heavy atom. The number of ether oxygens (including phenoxy) is 1. The Bertz CT molecular complexity index is 607. The highest BCUT2D eigenvalue weighted by Gasteiger charge is 2.32. The molecule has 0 bridgehead atoms. The molecule has 3 N–H and O–H groups in total. The molecule has 1 aromatic rings. The van der Waals surface area contributed by atoms with E-state index in [9.17, 15) is 9.90 Å². The molecule has 1 aromatic carbocycles. The normalized spacial score (nSPS) is 18.1. The van der Waals surface area contributed by atoms with Crippen LogP contribution in [0.15, 0.2) is 12.1 Å². The van der Waals surface area contributed by atoms with E-state index in [-0.39, 0.29) is 12.0 Å². The van der Waals surface area contributed by atoms with Crippen molar-refractivity contribution in [3.8, 4) is 5.75 Å². The van der Waals surface area contributed by atoms with Crippen molar-refractivity contribution < 1.29 is 19.7 Å². The molecule has 1 saturated heterocycles. The first-order valence-electron chi connectivity index (χ1n) is 8.20. The molecule has 25 heavy (non-hydrogen) atoms. The summed E-state index contributed by atoms with van der Waals surface area (Å²) < 4.78 is 5.45. The molecule has 8 heteroatoms. The molecule has 1 aliphatic heterocycles. The number of carbonyl (C=O) groups excluding carboxylic acids is 1. The standard InChI is InChI=1S/C17H24Cl2N2O4/c1-20-16(11-7-12(18)13(19)8-15(11)25-2)10-3-5-21(6-4-10)17(24)14(23)9-22/h7-8,10,14,16,20,22-23H,3-6,9H2,1-2H3. The molecule has 2 unspecified atom stereocenters. The van der Waals surface area contributed by atoms with Gasteiger partial charge in [-0.3, -0.25) is 4.79 Å². The van der Waals surface area contributed by atoms with E-state index < -0.39 is 18.6 Å². The maximum Gasteiger partial charge on any atom is 0.253 e. The topological polar surface area (TPSA) is 82.0 Å². The summed E-state index contributed by atoms with van der Waals surface area (Å²) in [5.74, 6) is 0.517. The number of nitrogens with zero attached hydrogens (tertiary/aromatic N) is 1. The van der Waals surface area contributed by atoms with Gasteiger partial charge < -0.3 is 25.2 Å². The molecule has 2 atom stereocenters. The number of aliphatic hydroxyl groups is 2. The average molecular weight is 391 g/mol. The maximum atomic E-state index is 12.0. The summed E-state index contributed by atoms with van der Waals surface area (Å²) in [5, 5.41) is 22.7. The van der Waals surface area contributed by atoms with Gasteiger partial charge in [0.2, 0.25) is 0 Å². The Labute approximate surface area is 157 Å². The number of benzene rings is 1. The molecule has 0 aromatic heterocycles. The lowest BCUT2D eigenvalue weighted by molar-refractivity contribution is -0.143. The van der Waals surface area contributed by atoms with E-state index in [1.54, 1.807) is 18.1 Å². The second-order valence-electron chi connectivity index (χ2n) is 6.14. The van der Waals surface area contributed by atoms with Crippen molar-refractivity contribution in [2.75, 3.05) is 33.9 Å². The van der Waals surface area contributed by atoms with Crippen LogP contribution in [0.1, 0.15) is 24.4 Å². The molecule has 1 heterocycles. The molecule has 0 radical (unpaired) electrons. The Hall–Kier alpha value is -1.05. The number of nitrogens with one attached hydrogen (secondary N) is 1. The SMILES string of the molecule is CNC(c1cc(Cl)c(Cl)cc1OC)C1CCN(C(=O)C(O)CO)CC1. The van der Waals surface area contributed by atoms with E-state index in [1.165, 1.54) is 0 Å². The fraction of sp³-hybridized carbons (Fsp3) is 0.588. The first kappa shape index (κ1) is 20.3. The lowest BCUT2D eigenvalue weighted by atomic mass is 9.85. The van der Waals surface area contributed by atoms with Gasteiger partial charge in [0.1, 0.15) is 5.75 Å². The van der Waals surface area contributed by atoms with Crippen LogP contribution in [0.5, 0.6) is 5.75 Å². The number of rotatable bonds is 6. The van der Waals surface area contributed by atoms with Crippen LogP contribution < -0.4 is 10.1 Å². The van der Waals surface area contributed by atoms with Crippen molar-refractivity contribution in [3.05, 3.63) is 27.7 Å². The van der Waals surface area contributed by atoms with E-state index in [1.807, 2.05) is 13.1 Å². The van der Waals surface area contributed by atoms with Crippen LogP contribution in [0, 0.1) is 5.92 Å². The highest BCUT2D eigenvalue weighted by atomic mass is 35.5. The Balaban J connectivity index is 2.13. The molecular weight excluding hydrogens is 367 g/mol. The van der Waals surface area contributed by atoms with Crippen molar-refractivity contribution in [1.29, 1.82) is 0 Å². The monoisotopic (exact) mass is 390 g/mol. The van der Waals surface area contributed by atoms with E-state index in [0.717, 1.165) is 18.4 Å². The van der Waals surface area contributed by atoms with Gasteiger partial charge in [-0.15, -0.1) is 0 Å². The molecule has 2 rings (SSSR count). The molecule has 0 aliphatic carbocycles. The summed E-state index contributed by atoms with van der Waals surface area (Å²) >= 11 is 12.3. The predicted molar refractivity (Wildman–Crippen MR) is 97.2 cm³/mol. The number of amides is 1. The Kier molecular flexibility index (Phi) is 7.34. The zero-order valence-electron chi connectivity index (χ0n) is 14.3. The third-order valence-corrected chi connectivity index (χ3v) is 5.42. The van der Waals surface area contributed by atoms with Crippen molar-refractivity contribution in [2.45, 2.75) is 25.0 Å². The molecule has 0 saturated carbocycles. The number of hydrogen-bond acceptors (Lipinski definition) is 5. The lowest BCUT2D eigenvalue weighted by Gasteiger charge is -2.37. The molecule has 1 fully saturated rings. The summed E-state index contributed by atoms with van der Waals surface area (Å²) in [6, 6.07) is 3.53. The Morgan fingerprint density at radius 3 is 2.48 bits per heavy atom. The van der Waals surface area contributed by atoms with Crippen LogP contribution in [0.25, 0.3) is 0 Å². The van der Waals surface area contributed by atoms with Gasteiger partial charge in [0.25, 0.3) is 5.91 Å². The summed E-state index contributed by atoms with van der Waals surface area (Å²) in [5.41, 5.74) is 0.930. The highest BCUT2D eigenvalue weighted by Crippen LogP contribution is 2.39. The van der Waals surface area contributed by atoms with E-state index in [2.05, 4.69) is 5.32 Å². The van der Waals surface area contributed by atoms with Crippen LogP contribution in [0.2, 0.25) is 10.0 Å². The minimum atomic E-state index is -1.34. The number of aliphatic hydroxyl groups excluding tert-OH is 2. The van der Waals surface area contributed by atoms with Crippen LogP contribution in [-0.2, 0) is 4.79 Å². The smallest absolute Gasteiger partial charge is 0.253 e. The van der Waals surface area contributed by atoms with Crippen LogP contribution in [0.3, 0.4) is 0 Å². The quantitative estimate of drug-likeness (QED) is 0.690. The van der Waals surface area contributed by atoms with E-state index in [4.69, 9.17) is 33.0 Å². The van der Waals surface area contributed by atoms with Gasteiger partial charge in [-0.05, 0) is 31.9 Å². The van der Waals surface area contributed by atoms with Gasteiger partial charge in [-0.25, -0.2) is 0 Å². The fourth-order valence-electron chi connectivity index (χ4n) is 3.35. The zero-order chi connectivity index (χ0) is 18.6. The van der Waals surface area contributed by atoms with Gasteiger partial charge in [-0.1, -0.05) is 23.2 Å². The number of likely N-dealkylation sites (tertiary alicyclic amines) is 1. The number of methoxy groups -OCH3 is 1. The fourth-order valence-corrected chi connectivity index (χ4v) is 3.68. The molecular formula is C17H24Cl2N2O4. The number of carbonyl (C=O) groups is 1. The summed E-state index contributed by atoms with van der Waals surface area (Å²) in [6.07, 6.45) is 0.184. The summed E-state index contributed by atoms with van der Waals surface area (Å²) in [4.78, 5) is 13.6. The first-order valence-corrected chi connectivity index (χ1v) is 8.96. The number of halogens is 2. The summed E-state index contributed by atoms with van der Waals surface area (Å²) in [7, 11) is 3.47. The molecule has 140 valence electrons. The second kappa shape index (κ2) is 9.05. The van der Waals surface area contributed by atoms with Crippen molar-refractivity contribution >= 4 is 29.1 Å². The Morgan fingerprint density at radius 1 is 1.36 bits per heavy atom. The highest BCUT2D eigenvalue weighted by molar-refractivity contribution is 6.42. The lowest BCUT2D eigenvalue weighted by Crippen LogP contribution is -2.46. The maximum absolute atomic E-state index is 12.0. The third kappa shape index (κ3) is 4.57. The first-order chi connectivity index (χ1) is 11.9. The van der Waals surface area contributed by atoms with Crippen LogP contribution in [-0.4, -0.2) is 61.0 Å². The van der Waals surface area contributed by atoms with Gasteiger partial charge in [0.05, 0.1) is 23.8 Å². The van der Waals surface area contributed by atoms with Crippen molar-refractivity contribution in [3.63, 3.8) is 0 Å². The van der Waals surface area contributed by atoms with Crippen molar-refractivity contribution in [1.82, 2.24) is 10.2 Å². The van der Waals surface area contributed by atoms with E-state index >= 15 is 0 Å². The second-order valence-corrected chi connectivity index (χ2v) is 6.95. The summed E-state index contributed by atoms with van der Waals surface area (Å²) in [6.45, 7) is 0.503. The van der Waals surface area contributed by atoms with Gasteiger partial charge in [0.15, 0.2) is 6.10 Å². The minimum absolute atomic E-state index is 0.00438. The number of hydrogen-bond donors (Lipinski definition) is 3. The largest absolute Gasteiger partial charge is 0.496 e. The van der Waals surface area contributed by atoms with Gasteiger partial charge >= 0.3 is 0 Å². The average Bonchev–Trinajstić information content (AvgIpc) is 2.64.